The minimum Gasteiger partial charge on any atom is -0.504 e. The molecule has 3 aromatic rings. The number of benzene rings is 1. The number of ether oxygens (including phenoxy) is 1. The molecule has 5 nitrogen and oxygen atoms in total. The predicted octanol–water partition coefficient (Wildman–Crippen LogP) is 3.66. The Bertz CT molecular complexity index is 744. The molecule has 2 heterocycles. The van der Waals surface area contributed by atoms with Crippen LogP contribution in [0.5, 0.6) is 11.5 Å². The lowest BCUT2D eigenvalue weighted by atomic mass is 10.2. The van der Waals surface area contributed by atoms with Crippen molar-refractivity contribution in [2.75, 3.05) is 12.4 Å². The van der Waals surface area contributed by atoms with Gasteiger partial charge in [-0.05, 0) is 24.3 Å². The van der Waals surface area contributed by atoms with Crippen molar-refractivity contribution in [3.05, 3.63) is 48.1 Å². The summed E-state index contributed by atoms with van der Waals surface area (Å²) in [7, 11) is 1.52. The molecule has 2 aromatic heterocycles. The van der Waals surface area contributed by atoms with E-state index in [1.54, 1.807) is 24.5 Å². The van der Waals surface area contributed by atoms with Crippen LogP contribution in [0, 0.1) is 0 Å². The van der Waals surface area contributed by atoms with Crippen LogP contribution in [0.4, 0.5) is 10.8 Å². The lowest BCUT2D eigenvalue weighted by molar-refractivity contribution is 0.373. The van der Waals surface area contributed by atoms with Crippen LogP contribution >= 0.6 is 11.3 Å². The zero-order valence-electron chi connectivity index (χ0n) is 11.3. The molecule has 0 aliphatic carbocycles. The second kappa shape index (κ2) is 5.80. The Hall–Kier alpha value is -2.60. The van der Waals surface area contributed by atoms with Gasteiger partial charge in [0.25, 0.3) is 0 Å². The topological polar surface area (TPSA) is 67.3 Å². The molecule has 0 saturated carbocycles. The van der Waals surface area contributed by atoms with Crippen molar-refractivity contribution in [3.63, 3.8) is 0 Å². The number of hydrogen-bond acceptors (Lipinski definition) is 6. The normalized spacial score (nSPS) is 10.3. The van der Waals surface area contributed by atoms with E-state index < -0.39 is 0 Å². The van der Waals surface area contributed by atoms with E-state index in [4.69, 9.17) is 4.74 Å². The molecule has 0 unspecified atom stereocenters. The lowest BCUT2D eigenvalue weighted by Crippen LogP contribution is -1.91. The Balaban J connectivity index is 1.80. The maximum absolute atomic E-state index is 9.76. The van der Waals surface area contributed by atoms with Crippen LogP contribution in [0.2, 0.25) is 0 Å². The molecule has 0 spiro atoms. The molecule has 0 radical (unpaired) electrons. The lowest BCUT2D eigenvalue weighted by Gasteiger charge is -2.06. The summed E-state index contributed by atoms with van der Waals surface area (Å²) in [6.45, 7) is 0. The van der Waals surface area contributed by atoms with Gasteiger partial charge in [0.05, 0.1) is 12.8 Å². The summed E-state index contributed by atoms with van der Waals surface area (Å²) in [6, 6.07) is 8.96. The van der Waals surface area contributed by atoms with Crippen molar-refractivity contribution in [1.82, 2.24) is 9.97 Å². The Morgan fingerprint density at radius 2 is 2.00 bits per heavy atom. The van der Waals surface area contributed by atoms with Crippen molar-refractivity contribution in [2.45, 2.75) is 0 Å². The van der Waals surface area contributed by atoms with Gasteiger partial charge in [0.1, 0.15) is 0 Å². The number of aromatic nitrogens is 2. The molecular weight excluding hydrogens is 286 g/mol. The number of aromatic hydroxyl groups is 1. The van der Waals surface area contributed by atoms with Gasteiger partial charge in [0.2, 0.25) is 0 Å². The number of rotatable bonds is 4. The first-order chi connectivity index (χ1) is 10.3. The number of nitrogens with zero attached hydrogens (tertiary/aromatic N) is 2. The zero-order valence-corrected chi connectivity index (χ0v) is 12.1. The quantitative estimate of drug-likeness (QED) is 0.769. The number of phenolic OH excluding ortho intramolecular Hbond substituents is 1. The highest BCUT2D eigenvalue weighted by atomic mass is 32.1. The van der Waals surface area contributed by atoms with Crippen LogP contribution in [0.25, 0.3) is 11.3 Å². The molecule has 1 aromatic carbocycles. The molecule has 0 bridgehead atoms. The first kappa shape index (κ1) is 13.4. The maximum atomic E-state index is 9.76. The van der Waals surface area contributed by atoms with Crippen molar-refractivity contribution in [2.24, 2.45) is 0 Å². The first-order valence-corrected chi connectivity index (χ1v) is 7.14. The van der Waals surface area contributed by atoms with Crippen LogP contribution in [-0.4, -0.2) is 22.2 Å². The summed E-state index contributed by atoms with van der Waals surface area (Å²) in [6.07, 6.45) is 3.48. The summed E-state index contributed by atoms with van der Waals surface area (Å²) >= 11 is 1.50. The van der Waals surface area contributed by atoms with Crippen molar-refractivity contribution in [1.29, 1.82) is 0 Å². The van der Waals surface area contributed by atoms with E-state index in [-0.39, 0.29) is 5.75 Å². The summed E-state index contributed by atoms with van der Waals surface area (Å²) in [5.74, 6) is 0.533. The molecular formula is C15H13N3O2S. The van der Waals surface area contributed by atoms with E-state index in [1.807, 2.05) is 23.6 Å². The third-order valence-corrected chi connectivity index (χ3v) is 3.67. The van der Waals surface area contributed by atoms with Gasteiger partial charge >= 0.3 is 0 Å². The molecule has 3 rings (SSSR count). The third-order valence-electron chi connectivity index (χ3n) is 2.91. The number of thiazole rings is 1. The number of anilines is 2. The number of phenols is 1. The molecule has 0 aliphatic heterocycles. The van der Waals surface area contributed by atoms with E-state index >= 15 is 0 Å². The SMILES string of the molecule is COc1ccc(Nc2nc(-c3ccncc3)cs2)cc1O. The van der Waals surface area contributed by atoms with Crippen LogP contribution < -0.4 is 10.1 Å². The fourth-order valence-electron chi connectivity index (χ4n) is 1.88. The molecule has 2 N–H and O–H groups in total. The third kappa shape index (κ3) is 2.95. The van der Waals surface area contributed by atoms with Crippen LogP contribution in [0.1, 0.15) is 0 Å². The molecule has 0 aliphatic rings. The van der Waals surface area contributed by atoms with E-state index in [2.05, 4.69) is 15.3 Å². The van der Waals surface area contributed by atoms with Gasteiger partial charge in [0, 0.05) is 35.1 Å². The van der Waals surface area contributed by atoms with E-state index in [0.29, 0.717) is 5.75 Å². The summed E-state index contributed by atoms with van der Waals surface area (Å²) in [5.41, 5.74) is 2.67. The molecule has 0 fully saturated rings. The minimum absolute atomic E-state index is 0.0911. The first-order valence-electron chi connectivity index (χ1n) is 6.26. The maximum Gasteiger partial charge on any atom is 0.187 e. The average Bonchev–Trinajstić information content (AvgIpc) is 2.97. The number of pyridine rings is 1. The number of methoxy groups -OCH3 is 1. The fourth-order valence-corrected chi connectivity index (χ4v) is 2.62. The van der Waals surface area contributed by atoms with Crippen LogP contribution in [0.15, 0.2) is 48.1 Å². The number of hydrogen-bond donors (Lipinski definition) is 2. The van der Waals surface area contributed by atoms with Gasteiger partial charge in [-0.3, -0.25) is 4.98 Å². The molecule has 0 saturated heterocycles. The molecule has 0 amide bonds. The largest absolute Gasteiger partial charge is 0.504 e. The Kier molecular flexibility index (Phi) is 3.70. The van der Waals surface area contributed by atoms with Crippen LogP contribution in [0.3, 0.4) is 0 Å². The Morgan fingerprint density at radius 3 is 2.71 bits per heavy atom. The highest BCUT2D eigenvalue weighted by Crippen LogP contribution is 2.31. The van der Waals surface area contributed by atoms with Crippen LogP contribution in [-0.2, 0) is 0 Å². The average molecular weight is 299 g/mol. The highest BCUT2D eigenvalue weighted by Gasteiger charge is 2.06. The standard InChI is InChI=1S/C15H13N3O2S/c1-20-14-3-2-11(8-13(14)19)17-15-18-12(9-21-15)10-4-6-16-7-5-10/h2-9,19H,1H3,(H,17,18). The molecule has 106 valence electrons. The van der Waals surface area contributed by atoms with Gasteiger partial charge in [0.15, 0.2) is 16.6 Å². The molecule has 0 atom stereocenters. The van der Waals surface area contributed by atoms with Gasteiger partial charge < -0.3 is 15.2 Å². The van der Waals surface area contributed by atoms with Crippen molar-refractivity contribution < 1.29 is 9.84 Å². The zero-order chi connectivity index (χ0) is 14.7. The fraction of sp³-hybridized carbons (Fsp3) is 0.0667. The Morgan fingerprint density at radius 1 is 1.19 bits per heavy atom. The monoisotopic (exact) mass is 299 g/mol. The van der Waals surface area contributed by atoms with Gasteiger partial charge in [-0.15, -0.1) is 11.3 Å². The van der Waals surface area contributed by atoms with Crippen molar-refractivity contribution >= 4 is 22.2 Å². The highest BCUT2D eigenvalue weighted by molar-refractivity contribution is 7.14. The second-order valence-electron chi connectivity index (χ2n) is 4.29. The smallest absolute Gasteiger partial charge is 0.187 e. The van der Waals surface area contributed by atoms with E-state index in [1.165, 1.54) is 18.4 Å². The minimum atomic E-state index is 0.0911. The number of nitrogens with one attached hydrogen (secondary N) is 1. The van der Waals surface area contributed by atoms with E-state index in [0.717, 1.165) is 22.1 Å². The van der Waals surface area contributed by atoms with Gasteiger partial charge in [-0.25, -0.2) is 4.98 Å². The summed E-state index contributed by atoms with van der Waals surface area (Å²) in [5, 5.41) is 15.7. The molecule has 21 heavy (non-hydrogen) atoms. The van der Waals surface area contributed by atoms with Gasteiger partial charge in [-0.2, -0.15) is 0 Å². The van der Waals surface area contributed by atoms with E-state index in [9.17, 15) is 5.11 Å². The summed E-state index contributed by atoms with van der Waals surface area (Å²) in [4.78, 5) is 8.51. The molecule has 6 heteroatoms. The summed E-state index contributed by atoms with van der Waals surface area (Å²) < 4.78 is 5.02. The second-order valence-corrected chi connectivity index (χ2v) is 5.14. The predicted molar refractivity (Wildman–Crippen MR) is 83.3 cm³/mol. The van der Waals surface area contributed by atoms with Gasteiger partial charge in [-0.1, -0.05) is 0 Å². The van der Waals surface area contributed by atoms with Crippen molar-refractivity contribution in [3.8, 4) is 22.8 Å². The Labute approximate surface area is 125 Å².